The highest BCUT2D eigenvalue weighted by atomic mass is 32.1. The first-order valence-electron chi connectivity index (χ1n) is 19.2. The fourth-order valence-electron chi connectivity index (χ4n) is 9.27. The molecule has 0 saturated heterocycles. The van der Waals surface area contributed by atoms with Gasteiger partial charge in [-0.05, 0) is 111 Å². The highest BCUT2D eigenvalue weighted by molar-refractivity contribution is 7.14. The molecule has 0 spiro atoms. The van der Waals surface area contributed by atoms with Gasteiger partial charge in [-0.3, -0.25) is 4.99 Å². The third kappa shape index (κ3) is 5.36. The van der Waals surface area contributed by atoms with E-state index in [0.717, 1.165) is 11.4 Å². The molecular formula is C52H41N3S. The molecule has 0 N–H and O–H groups in total. The van der Waals surface area contributed by atoms with Crippen LogP contribution in [0, 0.1) is 0 Å². The van der Waals surface area contributed by atoms with Gasteiger partial charge in [-0.1, -0.05) is 123 Å². The molecule has 0 atom stereocenters. The van der Waals surface area contributed by atoms with Gasteiger partial charge >= 0.3 is 0 Å². The van der Waals surface area contributed by atoms with E-state index in [1.165, 1.54) is 93.8 Å². The lowest BCUT2D eigenvalue weighted by Crippen LogP contribution is -2.17. The number of aliphatic imine (C=N–C) groups is 1. The van der Waals surface area contributed by atoms with E-state index >= 15 is 0 Å². The van der Waals surface area contributed by atoms with Gasteiger partial charge in [-0.2, -0.15) is 0 Å². The fourth-order valence-corrected chi connectivity index (χ4v) is 10.00. The van der Waals surface area contributed by atoms with Crippen LogP contribution in [0.1, 0.15) is 36.1 Å². The van der Waals surface area contributed by atoms with Gasteiger partial charge in [-0.15, -0.1) is 11.3 Å². The summed E-state index contributed by atoms with van der Waals surface area (Å²) in [7, 11) is 2.15. The highest BCUT2D eigenvalue weighted by Gasteiger charge is 2.36. The zero-order chi connectivity index (χ0) is 38.0. The van der Waals surface area contributed by atoms with Gasteiger partial charge < -0.3 is 9.13 Å². The minimum absolute atomic E-state index is 0.0420. The number of aromatic nitrogens is 2. The van der Waals surface area contributed by atoms with Crippen LogP contribution in [0.25, 0.3) is 71.6 Å². The molecule has 3 heterocycles. The standard InChI is InChI=1S/C31H22N2.C21H19NS/c1-32-28-13-7-5-11-24(28)26-19-21(15-17-29(26)32)22-16-18-31-27(20-22)25-12-6-8-14-30(25)33(31)23-9-3-2-4-10-23;1-21(2)18-10-5-4-8-16(18)17-9-6-7-14(19(17)21)13-15-11-12-23-20(15)22-3/h2-20H,1H3;4-12H,3,13H2,1-2H3. The second-order valence-electron chi connectivity index (χ2n) is 15.3. The van der Waals surface area contributed by atoms with Crippen LogP contribution in [0.4, 0.5) is 5.00 Å². The first kappa shape index (κ1) is 34.0. The van der Waals surface area contributed by atoms with Crippen LogP contribution in [0.5, 0.6) is 0 Å². The van der Waals surface area contributed by atoms with E-state index in [1.54, 1.807) is 11.3 Å². The van der Waals surface area contributed by atoms with E-state index in [-0.39, 0.29) is 5.41 Å². The number of nitrogens with zero attached hydrogens (tertiary/aromatic N) is 3. The molecule has 7 aromatic carbocycles. The van der Waals surface area contributed by atoms with Crippen LogP contribution in [0.15, 0.2) is 174 Å². The average molecular weight is 740 g/mol. The van der Waals surface area contributed by atoms with Gasteiger partial charge in [-0.25, -0.2) is 0 Å². The van der Waals surface area contributed by atoms with Crippen molar-refractivity contribution in [2.24, 2.45) is 12.0 Å². The SMILES string of the molecule is C=Nc1sccc1Cc1cccc2c1C(C)(C)c1ccccc1-2.Cn1c2ccccc2c2cc(-c3ccc4c(c3)c3ccccc3n4-c3ccccc3)ccc21. The molecular weight excluding hydrogens is 699 g/mol. The van der Waals surface area contributed by atoms with E-state index in [1.807, 2.05) is 0 Å². The number of rotatable bonds is 5. The number of hydrogen-bond acceptors (Lipinski definition) is 2. The Bertz CT molecular complexity index is 3120. The lowest BCUT2D eigenvalue weighted by Gasteiger charge is -2.24. The van der Waals surface area contributed by atoms with Gasteiger partial charge in [0.05, 0.1) is 11.0 Å². The normalized spacial score (nSPS) is 12.8. The first-order valence-corrected chi connectivity index (χ1v) is 20.1. The summed E-state index contributed by atoms with van der Waals surface area (Å²) in [6, 6.07) is 59.3. The van der Waals surface area contributed by atoms with Crippen molar-refractivity contribution in [2.75, 3.05) is 0 Å². The quantitative estimate of drug-likeness (QED) is 0.157. The number of thiophene rings is 1. The molecule has 4 heteroatoms. The Morgan fingerprint density at radius 3 is 1.91 bits per heavy atom. The van der Waals surface area contributed by atoms with Crippen molar-refractivity contribution in [3.05, 3.63) is 191 Å². The van der Waals surface area contributed by atoms with Gasteiger partial charge in [0.2, 0.25) is 0 Å². The van der Waals surface area contributed by atoms with Crippen molar-refractivity contribution >= 4 is 66.7 Å². The molecule has 0 saturated carbocycles. The maximum atomic E-state index is 4.16. The second kappa shape index (κ2) is 13.4. The number of fused-ring (bicyclic) bond motifs is 9. The van der Waals surface area contributed by atoms with Gasteiger partial charge in [0, 0.05) is 57.1 Å². The van der Waals surface area contributed by atoms with Crippen LogP contribution >= 0.6 is 11.3 Å². The molecule has 1 aliphatic rings. The molecule has 0 fully saturated rings. The van der Waals surface area contributed by atoms with Gasteiger partial charge in [0.1, 0.15) is 5.00 Å². The molecule has 0 unspecified atom stereocenters. The summed E-state index contributed by atoms with van der Waals surface area (Å²) in [5.41, 5.74) is 17.0. The van der Waals surface area contributed by atoms with Gasteiger partial charge in [0.25, 0.3) is 0 Å². The Morgan fingerprint density at radius 1 is 0.554 bits per heavy atom. The van der Waals surface area contributed by atoms with Crippen molar-refractivity contribution in [1.82, 2.24) is 9.13 Å². The minimum Gasteiger partial charge on any atom is -0.344 e. The highest BCUT2D eigenvalue weighted by Crippen LogP contribution is 2.50. The van der Waals surface area contributed by atoms with Crippen molar-refractivity contribution in [2.45, 2.75) is 25.7 Å². The molecule has 0 bridgehead atoms. The predicted molar refractivity (Wildman–Crippen MR) is 241 cm³/mol. The third-order valence-electron chi connectivity index (χ3n) is 11.8. The van der Waals surface area contributed by atoms with Crippen molar-refractivity contribution in [3.63, 3.8) is 0 Å². The Balaban J connectivity index is 0.000000147. The largest absolute Gasteiger partial charge is 0.344 e. The van der Waals surface area contributed by atoms with Crippen LogP contribution < -0.4 is 0 Å². The summed E-state index contributed by atoms with van der Waals surface area (Å²) in [4.78, 5) is 4.16. The maximum Gasteiger partial charge on any atom is 0.118 e. The molecule has 56 heavy (non-hydrogen) atoms. The van der Waals surface area contributed by atoms with Crippen molar-refractivity contribution in [1.29, 1.82) is 0 Å². The lowest BCUT2D eigenvalue weighted by atomic mass is 9.79. The topological polar surface area (TPSA) is 22.2 Å². The summed E-state index contributed by atoms with van der Waals surface area (Å²) in [5, 5.41) is 8.31. The molecule has 3 aromatic heterocycles. The van der Waals surface area contributed by atoms with E-state index in [4.69, 9.17) is 0 Å². The van der Waals surface area contributed by atoms with Crippen LogP contribution in [0.3, 0.4) is 0 Å². The first-order chi connectivity index (χ1) is 27.4. The van der Waals surface area contributed by atoms with Crippen LogP contribution in [-0.2, 0) is 18.9 Å². The van der Waals surface area contributed by atoms with Gasteiger partial charge in [0.15, 0.2) is 0 Å². The zero-order valence-electron chi connectivity index (χ0n) is 31.8. The summed E-state index contributed by atoms with van der Waals surface area (Å²) in [5.74, 6) is 0. The third-order valence-corrected chi connectivity index (χ3v) is 12.7. The maximum absolute atomic E-state index is 4.16. The van der Waals surface area contributed by atoms with E-state index < -0.39 is 0 Å². The molecule has 3 nitrogen and oxygen atoms in total. The number of para-hydroxylation sites is 3. The van der Waals surface area contributed by atoms with Crippen molar-refractivity contribution in [3.8, 4) is 27.9 Å². The van der Waals surface area contributed by atoms with Crippen molar-refractivity contribution < 1.29 is 0 Å². The predicted octanol–water partition coefficient (Wildman–Crippen LogP) is 14.1. The lowest BCUT2D eigenvalue weighted by molar-refractivity contribution is 0.653. The molecule has 1 aliphatic carbocycles. The fraction of sp³-hybridized carbons (Fsp3) is 0.0962. The summed E-state index contributed by atoms with van der Waals surface area (Å²) >= 11 is 1.66. The van der Waals surface area contributed by atoms with E-state index in [2.05, 4.69) is 211 Å². The van der Waals surface area contributed by atoms with E-state index in [0.29, 0.717) is 0 Å². The monoisotopic (exact) mass is 739 g/mol. The van der Waals surface area contributed by atoms with E-state index in [9.17, 15) is 0 Å². The Hall–Kier alpha value is -6.49. The smallest absolute Gasteiger partial charge is 0.118 e. The zero-order valence-corrected chi connectivity index (χ0v) is 32.6. The summed E-state index contributed by atoms with van der Waals surface area (Å²) in [6.07, 6.45) is 0.915. The molecule has 0 radical (unpaired) electrons. The summed E-state index contributed by atoms with van der Waals surface area (Å²) < 4.78 is 4.65. The molecule has 10 aromatic rings. The molecule has 270 valence electrons. The van der Waals surface area contributed by atoms with Crippen LogP contribution in [0.2, 0.25) is 0 Å². The molecule has 11 rings (SSSR count). The Morgan fingerprint density at radius 2 is 1.14 bits per heavy atom. The minimum atomic E-state index is 0.0420. The van der Waals surface area contributed by atoms with Crippen LogP contribution in [-0.4, -0.2) is 15.9 Å². The second-order valence-corrected chi connectivity index (χ2v) is 16.2. The number of hydrogen-bond donors (Lipinski definition) is 0. The summed E-state index contributed by atoms with van der Waals surface area (Å²) in [6.45, 7) is 8.37. The Labute approximate surface area is 331 Å². The number of benzene rings is 7. The Kier molecular flexibility index (Phi) is 8.12. The number of aryl methyl sites for hydroxylation is 1. The average Bonchev–Trinajstić information content (AvgIpc) is 3.98. The molecule has 0 amide bonds. The molecule has 0 aliphatic heterocycles.